The van der Waals surface area contributed by atoms with Crippen molar-refractivity contribution in [1.29, 1.82) is 0 Å². The summed E-state index contributed by atoms with van der Waals surface area (Å²) in [4.78, 5) is 16.6. The highest BCUT2D eigenvalue weighted by molar-refractivity contribution is 5.85. The molecule has 3 aromatic rings. The number of aliphatic hydroxyl groups excluding tert-OH is 1. The molecule has 0 saturated carbocycles. The number of nitrogens with zero attached hydrogens (tertiary/aromatic N) is 2. The van der Waals surface area contributed by atoms with E-state index in [-0.39, 0.29) is 37.3 Å². The van der Waals surface area contributed by atoms with Crippen LogP contribution < -0.4 is 15.8 Å². The van der Waals surface area contributed by atoms with E-state index in [1.54, 1.807) is 37.7 Å². The molecule has 4 N–H and O–H groups in total. The van der Waals surface area contributed by atoms with Crippen LogP contribution in [0.2, 0.25) is 0 Å². The fourth-order valence-electron chi connectivity index (χ4n) is 2.98. The number of methoxy groups -OCH3 is 1. The molecule has 0 radical (unpaired) electrons. The van der Waals surface area contributed by atoms with Crippen molar-refractivity contribution in [2.75, 3.05) is 13.7 Å². The van der Waals surface area contributed by atoms with Crippen molar-refractivity contribution in [2.45, 2.75) is 25.1 Å². The van der Waals surface area contributed by atoms with Crippen LogP contribution in [0, 0.1) is 0 Å². The summed E-state index contributed by atoms with van der Waals surface area (Å²) in [6.07, 6.45) is 3.14. The summed E-state index contributed by atoms with van der Waals surface area (Å²) in [6.45, 7) is 0.796. The van der Waals surface area contributed by atoms with Crippen molar-refractivity contribution in [3.8, 4) is 5.75 Å². The Kier molecular flexibility index (Phi) is 11.1. The zero-order chi connectivity index (χ0) is 20.6. The molecule has 0 aliphatic rings. The van der Waals surface area contributed by atoms with Gasteiger partial charge in [-0.2, -0.15) is 0 Å². The second-order valence-electron chi connectivity index (χ2n) is 6.87. The summed E-state index contributed by atoms with van der Waals surface area (Å²) in [5, 5.41) is 12.9. The van der Waals surface area contributed by atoms with Crippen LogP contribution in [0.4, 0.5) is 0 Å². The highest BCUT2D eigenvalue weighted by atomic mass is 35.5. The Bertz CT molecular complexity index is 920. The Morgan fingerprint density at radius 2 is 1.84 bits per heavy atom. The number of hydrogen-bond acceptors (Lipinski definition) is 5. The lowest BCUT2D eigenvalue weighted by molar-refractivity contribution is -0.122. The Morgan fingerprint density at radius 1 is 1.16 bits per heavy atom. The lowest BCUT2D eigenvalue weighted by atomic mass is 10.1. The fourth-order valence-corrected chi connectivity index (χ4v) is 2.98. The maximum Gasteiger partial charge on any atom is 0.237 e. The third kappa shape index (κ3) is 7.88. The van der Waals surface area contributed by atoms with Gasteiger partial charge in [0.05, 0.1) is 31.3 Å². The minimum atomic E-state index is -0.817. The molecule has 0 spiro atoms. The smallest absolute Gasteiger partial charge is 0.237 e. The Labute approximate surface area is 194 Å². The van der Waals surface area contributed by atoms with Gasteiger partial charge in [0.1, 0.15) is 5.75 Å². The summed E-state index contributed by atoms with van der Waals surface area (Å²) in [5.74, 6) is 0.383. The van der Waals surface area contributed by atoms with Crippen LogP contribution in [0.3, 0.4) is 0 Å². The van der Waals surface area contributed by atoms with E-state index in [0.29, 0.717) is 24.3 Å². The molecule has 1 amide bonds. The van der Waals surface area contributed by atoms with Gasteiger partial charge in [0.15, 0.2) is 0 Å². The standard InChI is InChI=1S/C22H26N4O3.2ClH/c1-29-19-9-7-17(8-10-19)21(27)12-24-22(28)20(23)11-18-14-26(15-25-18)13-16-5-3-2-4-6-16;;/h2-10,14-15,20-21,27H,11-13,23H2,1H3,(H,24,28);2*1H/t20-,21?;;/m0../s1. The van der Waals surface area contributed by atoms with Crippen molar-refractivity contribution < 1.29 is 14.6 Å². The van der Waals surface area contributed by atoms with E-state index >= 15 is 0 Å². The summed E-state index contributed by atoms with van der Waals surface area (Å²) >= 11 is 0. The molecule has 31 heavy (non-hydrogen) atoms. The van der Waals surface area contributed by atoms with Gasteiger partial charge in [-0.05, 0) is 23.3 Å². The molecule has 168 valence electrons. The quantitative estimate of drug-likeness (QED) is 0.449. The van der Waals surface area contributed by atoms with Gasteiger partial charge in [0.2, 0.25) is 5.91 Å². The Balaban J connectivity index is 0.00000240. The van der Waals surface area contributed by atoms with E-state index in [2.05, 4.69) is 10.3 Å². The van der Waals surface area contributed by atoms with Crippen molar-refractivity contribution in [3.63, 3.8) is 0 Å². The van der Waals surface area contributed by atoms with Crippen LogP contribution in [0.1, 0.15) is 22.9 Å². The number of aliphatic hydroxyl groups is 1. The number of rotatable bonds is 9. The summed E-state index contributed by atoms with van der Waals surface area (Å²) in [5.41, 5.74) is 8.63. The first-order valence-electron chi connectivity index (χ1n) is 9.45. The maximum atomic E-state index is 12.3. The molecule has 0 aliphatic carbocycles. The fraction of sp³-hybridized carbons (Fsp3) is 0.273. The highest BCUT2D eigenvalue weighted by Crippen LogP contribution is 2.17. The van der Waals surface area contributed by atoms with E-state index in [4.69, 9.17) is 10.5 Å². The summed E-state index contributed by atoms with van der Waals surface area (Å²) in [7, 11) is 1.58. The van der Waals surface area contributed by atoms with Gasteiger partial charge < -0.3 is 25.5 Å². The predicted molar refractivity (Wildman–Crippen MR) is 125 cm³/mol. The van der Waals surface area contributed by atoms with Crippen molar-refractivity contribution in [3.05, 3.63) is 83.9 Å². The number of hydrogen-bond donors (Lipinski definition) is 3. The molecule has 0 saturated heterocycles. The minimum Gasteiger partial charge on any atom is -0.497 e. The van der Waals surface area contributed by atoms with Gasteiger partial charge in [0, 0.05) is 25.7 Å². The van der Waals surface area contributed by atoms with Crippen LogP contribution in [-0.4, -0.2) is 40.3 Å². The molecule has 2 aromatic carbocycles. The number of imidazole rings is 1. The summed E-state index contributed by atoms with van der Waals surface area (Å²) in [6, 6.07) is 16.4. The van der Waals surface area contributed by atoms with Gasteiger partial charge >= 0.3 is 0 Å². The van der Waals surface area contributed by atoms with Crippen LogP contribution in [0.25, 0.3) is 0 Å². The van der Waals surface area contributed by atoms with E-state index in [0.717, 1.165) is 5.69 Å². The van der Waals surface area contributed by atoms with Gasteiger partial charge in [-0.15, -0.1) is 24.8 Å². The van der Waals surface area contributed by atoms with E-state index in [1.807, 2.05) is 41.1 Å². The van der Waals surface area contributed by atoms with Crippen LogP contribution in [0.15, 0.2) is 67.1 Å². The lowest BCUT2D eigenvalue weighted by Crippen LogP contribution is -2.43. The number of nitrogens with one attached hydrogen (secondary N) is 1. The molecular weight excluding hydrogens is 439 g/mol. The molecule has 1 unspecified atom stereocenters. The van der Waals surface area contributed by atoms with Gasteiger partial charge in [0.25, 0.3) is 0 Å². The lowest BCUT2D eigenvalue weighted by Gasteiger charge is -2.15. The molecule has 0 bridgehead atoms. The number of aromatic nitrogens is 2. The van der Waals surface area contributed by atoms with E-state index in [1.165, 1.54) is 5.56 Å². The average Bonchev–Trinajstić information content (AvgIpc) is 3.19. The van der Waals surface area contributed by atoms with Gasteiger partial charge in [-0.25, -0.2) is 4.98 Å². The number of carbonyl (C=O) groups excluding carboxylic acids is 1. The molecule has 2 atom stereocenters. The highest BCUT2D eigenvalue weighted by Gasteiger charge is 2.17. The molecule has 9 heteroatoms. The monoisotopic (exact) mass is 466 g/mol. The average molecular weight is 467 g/mol. The van der Waals surface area contributed by atoms with E-state index in [9.17, 15) is 9.90 Å². The van der Waals surface area contributed by atoms with E-state index < -0.39 is 12.1 Å². The second-order valence-corrected chi connectivity index (χ2v) is 6.87. The molecule has 7 nitrogen and oxygen atoms in total. The second kappa shape index (κ2) is 13.0. The third-order valence-electron chi connectivity index (χ3n) is 4.63. The van der Waals surface area contributed by atoms with Crippen LogP contribution in [0.5, 0.6) is 5.75 Å². The molecule has 0 fully saturated rings. The molecule has 1 heterocycles. The Morgan fingerprint density at radius 3 is 2.48 bits per heavy atom. The molecule has 3 rings (SSSR count). The van der Waals surface area contributed by atoms with Gasteiger partial charge in [-0.3, -0.25) is 4.79 Å². The van der Waals surface area contributed by atoms with Crippen molar-refractivity contribution in [1.82, 2.24) is 14.9 Å². The number of nitrogens with two attached hydrogens (primary N) is 1. The molecular formula is C22H28Cl2N4O3. The number of carbonyl (C=O) groups is 1. The SMILES string of the molecule is COc1ccc(C(O)CNC(=O)[C@@H](N)Cc2cn(Cc3ccccc3)cn2)cc1.Cl.Cl. The maximum absolute atomic E-state index is 12.3. The topological polar surface area (TPSA) is 102 Å². The number of benzene rings is 2. The van der Waals surface area contributed by atoms with Gasteiger partial charge in [-0.1, -0.05) is 42.5 Å². The zero-order valence-electron chi connectivity index (χ0n) is 17.2. The normalized spacial score (nSPS) is 12.1. The van der Waals surface area contributed by atoms with Crippen LogP contribution in [-0.2, 0) is 17.8 Å². The largest absolute Gasteiger partial charge is 0.497 e. The summed E-state index contributed by atoms with van der Waals surface area (Å²) < 4.78 is 7.06. The first-order chi connectivity index (χ1) is 14.0. The first kappa shape index (κ1) is 26.5. The van der Waals surface area contributed by atoms with Crippen molar-refractivity contribution >= 4 is 30.7 Å². The molecule has 1 aromatic heterocycles. The number of ether oxygens (including phenoxy) is 1. The van der Waals surface area contributed by atoms with Crippen molar-refractivity contribution in [2.24, 2.45) is 5.73 Å². The number of amides is 1. The predicted octanol–water partition coefficient (Wildman–Crippen LogP) is 2.50. The first-order valence-corrected chi connectivity index (χ1v) is 9.45. The zero-order valence-corrected chi connectivity index (χ0v) is 18.8. The Hall–Kier alpha value is -2.58. The number of halogens is 2. The molecule has 0 aliphatic heterocycles. The minimum absolute atomic E-state index is 0. The van der Waals surface area contributed by atoms with Crippen LogP contribution >= 0.6 is 24.8 Å². The third-order valence-corrected chi connectivity index (χ3v) is 4.63.